The molecule has 0 saturated heterocycles. The predicted molar refractivity (Wildman–Crippen MR) is 156 cm³/mol. The predicted octanol–water partition coefficient (Wildman–Crippen LogP) is 7.64. The van der Waals surface area contributed by atoms with Crippen LogP contribution >= 0.6 is 0 Å². The van der Waals surface area contributed by atoms with E-state index in [0.717, 1.165) is 36.2 Å². The lowest BCUT2D eigenvalue weighted by Gasteiger charge is -2.01. The molecule has 7 nitrogen and oxygen atoms in total. The number of aromatic nitrogens is 3. The van der Waals surface area contributed by atoms with Gasteiger partial charge in [-0.25, -0.2) is 9.97 Å². The van der Waals surface area contributed by atoms with Crippen LogP contribution in [-0.2, 0) is 6.42 Å². The number of nitrogens with one attached hydrogen (secondary N) is 1. The first-order chi connectivity index (χ1) is 18.9. The van der Waals surface area contributed by atoms with Crippen molar-refractivity contribution in [3.05, 3.63) is 94.0 Å². The molecule has 3 aromatic carbocycles. The van der Waals surface area contributed by atoms with Crippen LogP contribution < -0.4 is 5.56 Å². The summed E-state index contributed by atoms with van der Waals surface area (Å²) in [6.45, 7) is 7.99. The minimum atomic E-state index is -0.0355. The maximum absolute atomic E-state index is 11.7. The van der Waals surface area contributed by atoms with Crippen LogP contribution in [0.15, 0.2) is 75.9 Å². The summed E-state index contributed by atoms with van der Waals surface area (Å²) in [6.07, 6.45) is 5.65. The summed E-state index contributed by atoms with van der Waals surface area (Å²) in [5.74, 6) is 1.22. The molecule has 0 bridgehead atoms. The number of fused-ring (bicyclic) bond motifs is 2. The SMILES string of the molecule is CC(=O)c1ccc2nc(-c3cccc(C#N)c3)oc2c1.CCCC.CCCCc1nc2ccccc2c(=O)[nH]1. The van der Waals surface area contributed by atoms with Gasteiger partial charge in [0.2, 0.25) is 5.89 Å². The van der Waals surface area contributed by atoms with E-state index >= 15 is 0 Å². The van der Waals surface area contributed by atoms with Gasteiger partial charge in [-0.15, -0.1) is 0 Å². The van der Waals surface area contributed by atoms with Crippen LogP contribution in [-0.4, -0.2) is 20.7 Å². The van der Waals surface area contributed by atoms with Crippen molar-refractivity contribution < 1.29 is 9.21 Å². The number of nitriles is 1. The Kier molecular flexibility index (Phi) is 10.7. The Hall–Kier alpha value is -4.57. The highest BCUT2D eigenvalue weighted by Gasteiger charge is 2.10. The number of ketones is 1. The number of para-hydroxylation sites is 1. The van der Waals surface area contributed by atoms with Crippen LogP contribution in [0.2, 0.25) is 0 Å². The van der Waals surface area contributed by atoms with E-state index in [-0.39, 0.29) is 11.3 Å². The Morgan fingerprint density at radius 1 is 0.923 bits per heavy atom. The molecule has 0 unspecified atom stereocenters. The maximum atomic E-state index is 11.7. The summed E-state index contributed by atoms with van der Waals surface area (Å²) in [5.41, 5.74) is 3.88. The molecule has 200 valence electrons. The van der Waals surface area contributed by atoms with Crippen LogP contribution in [0.1, 0.15) is 75.1 Å². The molecule has 0 amide bonds. The molecule has 0 fully saturated rings. The van der Waals surface area contributed by atoms with E-state index < -0.39 is 0 Å². The highest BCUT2D eigenvalue weighted by Crippen LogP contribution is 2.25. The van der Waals surface area contributed by atoms with Crippen LogP contribution in [0.5, 0.6) is 0 Å². The number of nitrogens with zero attached hydrogens (tertiary/aromatic N) is 3. The third-order valence-electron chi connectivity index (χ3n) is 5.96. The molecule has 5 rings (SSSR count). The minimum Gasteiger partial charge on any atom is -0.436 e. The van der Waals surface area contributed by atoms with Crippen molar-refractivity contribution in [1.82, 2.24) is 15.0 Å². The van der Waals surface area contributed by atoms with E-state index in [1.165, 1.54) is 19.8 Å². The number of Topliss-reactive ketones (excluding diaryl/α,β-unsaturated/α-hetero) is 1. The lowest BCUT2D eigenvalue weighted by atomic mass is 10.1. The largest absolute Gasteiger partial charge is 0.436 e. The Balaban J connectivity index is 0.000000196. The molecule has 0 aliphatic rings. The molecule has 2 heterocycles. The maximum Gasteiger partial charge on any atom is 0.258 e. The molecular weight excluding hydrogens is 488 g/mol. The number of oxazole rings is 1. The summed E-state index contributed by atoms with van der Waals surface area (Å²) < 4.78 is 5.67. The van der Waals surface area contributed by atoms with Gasteiger partial charge in [0.05, 0.1) is 22.5 Å². The van der Waals surface area contributed by atoms with Crippen LogP contribution in [0.4, 0.5) is 0 Å². The molecule has 0 aliphatic heterocycles. The third kappa shape index (κ3) is 7.96. The first kappa shape index (κ1) is 29.0. The van der Waals surface area contributed by atoms with E-state index in [1.807, 2.05) is 24.3 Å². The summed E-state index contributed by atoms with van der Waals surface area (Å²) >= 11 is 0. The van der Waals surface area contributed by atoms with Gasteiger partial charge in [-0.3, -0.25) is 9.59 Å². The van der Waals surface area contributed by atoms with Gasteiger partial charge in [0, 0.05) is 17.5 Å². The number of aryl methyl sites for hydroxylation is 1. The minimum absolute atomic E-state index is 0.0173. The number of rotatable bonds is 6. The van der Waals surface area contributed by atoms with Crippen molar-refractivity contribution in [3.8, 4) is 17.5 Å². The molecule has 2 aromatic heterocycles. The van der Waals surface area contributed by atoms with E-state index in [2.05, 4.69) is 41.8 Å². The van der Waals surface area contributed by atoms with Gasteiger partial charge in [-0.1, -0.05) is 58.2 Å². The van der Waals surface area contributed by atoms with Gasteiger partial charge >= 0.3 is 0 Å². The quantitative estimate of drug-likeness (QED) is 0.229. The Labute approximate surface area is 228 Å². The van der Waals surface area contributed by atoms with Crippen molar-refractivity contribution >= 4 is 27.8 Å². The first-order valence-corrected chi connectivity index (χ1v) is 13.3. The molecule has 0 aliphatic carbocycles. The fraction of sp³-hybridized carbons (Fsp3) is 0.281. The normalized spacial score (nSPS) is 10.2. The van der Waals surface area contributed by atoms with E-state index in [4.69, 9.17) is 9.68 Å². The zero-order valence-electron chi connectivity index (χ0n) is 23.0. The average Bonchev–Trinajstić information content (AvgIpc) is 3.40. The molecular formula is C32H34N4O3. The van der Waals surface area contributed by atoms with Gasteiger partial charge in [-0.2, -0.15) is 5.26 Å². The fourth-order valence-corrected chi connectivity index (χ4v) is 3.59. The average molecular weight is 523 g/mol. The number of hydrogen-bond acceptors (Lipinski definition) is 6. The first-order valence-electron chi connectivity index (χ1n) is 13.3. The van der Waals surface area contributed by atoms with Gasteiger partial charge in [0.25, 0.3) is 5.56 Å². The smallest absolute Gasteiger partial charge is 0.258 e. The second-order valence-electron chi connectivity index (χ2n) is 9.08. The highest BCUT2D eigenvalue weighted by molar-refractivity contribution is 5.97. The second kappa shape index (κ2) is 14.4. The van der Waals surface area contributed by atoms with Crippen molar-refractivity contribution in [2.45, 2.75) is 59.8 Å². The van der Waals surface area contributed by atoms with Crippen molar-refractivity contribution in [2.75, 3.05) is 0 Å². The second-order valence-corrected chi connectivity index (χ2v) is 9.08. The molecule has 39 heavy (non-hydrogen) atoms. The zero-order chi connectivity index (χ0) is 28.2. The summed E-state index contributed by atoms with van der Waals surface area (Å²) in [7, 11) is 0. The van der Waals surface area contributed by atoms with Crippen molar-refractivity contribution in [2.24, 2.45) is 0 Å². The zero-order valence-corrected chi connectivity index (χ0v) is 23.0. The van der Waals surface area contributed by atoms with E-state index in [9.17, 15) is 9.59 Å². The molecule has 0 spiro atoms. The van der Waals surface area contributed by atoms with Gasteiger partial charge in [0.1, 0.15) is 11.3 Å². The van der Waals surface area contributed by atoms with Crippen LogP contribution in [0, 0.1) is 11.3 Å². The lowest BCUT2D eigenvalue weighted by Crippen LogP contribution is -2.11. The standard InChI is InChI=1S/C16H10N2O2.C12H14N2O.C4H10/c1-10(19)12-5-6-14-15(8-12)20-16(18-14)13-4-2-3-11(7-13)9-17;1-2-3-8-11-13-10-7-5-4-6-9(10)12(15)14-11;1-3-4-2/h2-8H,1H3;4-7H,2-3,8H2,1H3,(H,13,14,15);3-4H2,1-2H3. The number of aromatic amines is 1. The lowest BCUT2D eigenvalue weighted by molar-refractivity contribution is 0.101. The van der Waals surface area contributed by atoms with Gasteiger partial charge in [0.15, 0.2) is 11.4 Å². The Morgan fingerprint density at radius 2 is 1.69 bits per heavy atom. The van der Waals surface area contributed by atoms with Gasteiger partial charge < -0.3 is 9.40 Å². The number of carbonyl (C=O) groups is 1. The highest BCUT2D eigenvalue weighted by atomic mass is 16.3. The molecule has 0 radical (unpaired) electrons. The number of hydrogen-bond donors (Lipinski definition) is 1. The fourth-order valence-electron chi connectivity index (χ4n) is 3.59. The summed E-state index contributed by atoms with van der Waals surface area (Å²) in [4.78, 5) is 34.6. The molecule has 1 N–H and O–H groups in total. The number of benzene rings is 3. The molecule has 5 aromatic rings. The number of unbranched alkanes of at least 4 members (excludes halogenated alkanes) is 2. The number of carbonyl (C=O) groups excluding carboxylic acids is 1. The Morgan fingerprint density at radius 3 is 2.38 bits per heavy atom. The third-order valence-corrected chi connectivity index (χ3v) is 5.96. The summed E-state index contributed by atoms with van der Waals surface area (Å²) in [6, 6.07) is 21.7. The van der Waals surface area contributed by atoms with E-state index in [0.29, 0.717) is 33.5 Å². The summed E-state index contributed by atoms with van der Waals surface area (Å²) in [5, 5.41) is 9.57. The van der Waals surface area contributed by atoms with Crippen molar-refractivity contribution in [3.63, 3.8) is 0 Å². The van der Waals surface area contributed by atoms with Crippen LogP contribution in [0.3, 0.4) is 0 Å². The van der Waals surface area contributed by atoms with Gasteiger partial charge in [-0.05, 0) is 61.9 Å². The topological polar surface area (TPSA) is 113 Å². The molecule has 7 heteroatoms. The Bertz CT molecular complexity index is 1640. The monoisotopic (exact) mass is 522 g/mol. The molecule has 0 saturated carbocycles. The number of H-pyrrole nitrogens is 1. The van der Waals surface area contributed by atoms with Crippen LogP contribution in [0.25, 0.3) is 33.5 Å². The van der Waals surface area contributed by atoms with E-state index in [1.54, 1.807) is 42.5 Å². The molecule has 0 atom stereocenters. The van der Waals surface area contributed by atoms with Crippen molar-refractivity contribution in [1.29, 1.82) is 5.26 Å².